The summed E-state index contributed by atoms with van der Waals surface area (Å²) in [5, 5.41) is 0.713. The lowest BCUT2D eigenvalue weighted by Crippen LogP contribution is -1.88. The molecule has 0 atom stereocenters. The van der Waals surface area contributed by atoms with Crippen LogP contribution in [0.4, 0.5) is 5.69 Å². The van der Waals surface area contributed by atoms with Crippen molar-refractivity contribution in [2.75, 3.05) is 5.73 Å². The molecule has 2 N–H and O–H groups in total. The smallest absolute Gasteiger partial charge is 0.0456 e. The highest BCUT2D eigenvalue weighted by atomic mass is 35.5. The molecule has 2 aromatic carbocycles. The van der Waals surface area contributed by atoms with Gasteiger partial charge < -0.3 is 5.73 Å². The molecule has 0 bridgehead atoms. The van der Waals surface area contributed by atoms with Gasteiger partial charge in [-0.15, -0.1) is 0 Å². The number of hydrogen-bond donors (Lipinski definition) is 1. The summed E-state index contributed by atoms with van der Waals surface area (Å²) in [5.74, 6) is 0. The quantitative estimate of drug-likeness (QED) is 0.796. The predicted octanol–water partition coefficient (Wildman–Crippen LogP) is 4.69. The molecule has 0 spiro atoms. The maximum Gasteiger partial charge on any atom is 0.0456 e. The average Bonchev–Trinajstić information content (AvgIpc) is 2.29. The van der Waals surface area contributed by atoms with E-state index >= 15 is 0 Å². The Morgan fingerprint density at radius 1 is 1.00 bits per heavy atom. The van der Waals surface area contributed by atoms with Gasteiger partial charge in [-0.25, -0.2) is 0 Å². The van der Waals surface area contributed by atoms with Gasteiger partial charge in [0.2, 0.25) is 0 Å². The number of benzene rings is 2. The molecule has 0 aliphatic heterocycles. The lowest BCUT2D eigenvalue weighted by Gasteiger charge is -2.07. The van der Waals surface area contributed by atoms with Gasteiger partial charge in [-0.05, 0) is 55.3 Å². The van der Waals surface area contributed by atoms with E-state index in [1.54, 1.807) is 17.8 Å². The number of nitrogen functional groups attached to an aromatic ring is 1. The molecule has 2 aromatic rings. The summed E-state index contributed by atoms with van der Waals surface area (Å²) in [7, 11) is 0. The molecule has 0 saturated carbocycles. The van der Waals surface area contributed by atoms with Gasteiger partial charge in [-0.3, -0.25) is 0 Å². The Labute approximate surface area is 111 Å². The zero-order valence-electron chi connectivity index (χ0n) is 9.83. The largest absolute Gasteiger partial charge is 0.398 e. The van der Waals surface area contributed by atoms with Crippen molar-refractivity contribution in [1.29, 1.82) is 0 Å². The van der Waals surface area contributed by atoms with Crippen molar-refractivity contribution in [2.45, 2.75) is 23.6 Å². The number of hydrogen-bond acceptors (Lipinski definition) is 2. The van der Waals surface area contributed by atoms with Crippen LogP contribution in [0.5, 0.6) is 0 Å². The standard InChI is InChI=1S/C14H14ClNS/c1-9-3-5-12(7-10(9)2)17-14-8-11(15)4-6-13(14)16/h3-8H,16H2,1-2H3. The molecule has 0 unspecified atom stereocenters. The average molecular weight is 264 g/mol. The van der Waals surface area contributed by atoms with Crippen LogP contribution in [0.15, 0.2) is 46.2 Å². The molecule has 88 valence electrons. The molecule has 0 radical (unpaired) electrons. The molecule has 3 heteroatoms. The Kier molecular flexibility index (Phi) is 3.65. The van der Waals surface area contributed by atoms with Crippen molar-refractivity contribution >= 4 is 29.1 Å². The minimum Gasteiger partial charge on any atom is -0.398 e. The van der Waals surface area contributed by atoms with Gasteiger partial charge in [0.15, 0.2) is 0 Å². The first-order chi connectivity index (χ1) is 8.06. The van der Waals surface area contributed by atoms with Crippen molar-refractivity contribution in [3.8, 4) is 0 Å². The van der Waals surface area contributed by atoms with Gasteiger partial charge in [0.1, 0.15) is 0 Å². The van der Waals surface area contributed by atoms with Crippen LogP contribution < -0.4 is 5.73 Å². The van der Waals surface area contributed by atoms with E-state index in [1.807, 2.05) is 12.1 Å². The van der Waals surface area contributed by atoms with Crippen molar-refractivity contribution in [3.63, 3.8) is 0 Å². The van der Waals surface area contributed by atoms with Crippen LogP contribution in [0.2, 0.25) is 5.02 Å². The molecule has 0 aliphatic rings. The number of anilines is 1. The summed E-state index contributed by atoms with van der Waals surface area (Å²) < 4.78 is 0. The van der Waals surface area contributed by atoms with E-state index in [1.165, 1.54) is 16.0 Å². The van der Waals surface area contributed by atoms with Crippen molar-refractivity contribution in [1.82, 2.24) is 0 Å². The van der Waals surface area contributed by atoms with Gasteiger partial charge >= 0.3 is 0 Å². The molecule has 17 heavy (non-hydrogen) atoms. The first-order valence-corrected chi connectivity index (χ1v) is 6.56. The molecule has 0 saturated heterocycles. The summed E-state index contributed by atoms with van der Waals surface area (Å²) in [5.41, 5.74) is 9.27. The highest BCUT2D eigenvalue weighted by Gasteiger charge is 2.04. The lowest BCUT2D eigenvalue weighted by atomic mass is 10.1. The second-order valence-electron chi connectivity index (χ2n) is 4.03. The fourth-order valence-corrected chi connectivity index (χ4v) is 2.74. The number of aryl methyl sites for hydroxylation is 2. The minimum absolute atomic E-state index is 0.713. The minimum atomic E-state index is 0.713. The number of rotatable bonds is 2. The lowest BCUT2D eigenvalue weighted by molar-refractivity contribution is 1.27. The molecule has 0 aliphatic carbocycles. The molecule has 0 amide bonds. The maximum atomic E-state index is 5.97. The second kappa shape index (κ2) is 5.03. The van der Waals surface area contributed by atoms with Gasteiger partial charge in [0, 0.05) is 20.5 Å². The summed E-state index contributed by atoms with van der Waals surface area (Å²) in [6, 6.07) is 11.9. The van der Waals surface area contributed by atoms with E-state index in [4.69, 9.17) is 17.3 Å². The maximum absolute atomic E-state index is 5.97. The highest BCUT2D eigenvalue weighted by molar-refractivity contribution is 7.99. The molecular weight excluding hydrogens is 250 g/mol. The number of nitrogens with two attached hydrogens (primary N) is 1. The fourth-order valence-electron chi connectivity index (χ4n) is 1.50. The molecule has 0 aromatic heterocycles. The third-order valence-corrected chi connectivity index (χ3v) is 3.98. The van der Waals surface area contributed by atoms with Crippen LogP contribution in [-0.2, 0) is 0 Å². The molecule has 1 nitrogen and oxygen atoms in total. The first-order valence-electron chi connectivity index (χ1n) is 5.36. The van der Waals surface area contributed by atoms with Crippen LogP contribution in [0.25, 0.3) is 0 Å². The Morgan fingerprint density at radius 3 is 2.47 bits per heavy atom. The zero-order chi connectivity index (χ0) is 12.4. The van der Waals surface area contributed by atoms with E-state index in [-0.39, 0.29) is 0 Å². The molecule has 0 fully saturated rings. The predicted molar refractivity (Wildman–Crippen MR) is 75.9 cm³/mol. The topological polar surface area (TPSA) is 26.0 Å². The van der Waals surface area contributed by atoms with E-state index in [9.17, 15) is 0 Å². The fraction of sp³-hybridized carbons (Fsp3) is 0.143. The van der Waals surface area contributed by atoms with Crippen molar-refractivity contribution in [2.24, 2.45) is 0 Å². The summed E-state index contributed by atoms with van der Waals surface area (Å²) in [6.07, 6.45) is 0. The van der Waals surface area contributed by atoms with Gasteiger partial charge in [0.25, 0.3) is 0 Å². The van der Waals surface area contributed by atoms with Crippen LogP contribution in [-0.4, -0.2) is 0 Å². The number of halogens is 1. The zero-order valence-corrected chi connectivity index (χ0v) is 11.4. The monoisotopic (exact) mass is 263 g/mol. The van der Waals surface area contributed by atoms with Crippen LogP contribution in [0.1, 0.15) is 11.1 Å². The first kappa shape index (κ1) is 12.3. The molecular formula is C14H14ClNS. The van der Waals surface area contributed by atoms with Crippen LogP contribution >= 0.6 is 23.4 Å². The van der Waals surface area contributed by atoms with Crippen LogP contribution in [0, 0.1) is 13.8 Å². The van der Waals surface area contributed by atoms with Gasteiger partial charge in [-0.2, -0.15) is 0 Å². The summed E-state index contributed by atoms with van der Waals surface area (Å²) >= 11 is 7.61. The third-order valence-electron chi connectivity index (χ3n) is 2.68. The van der Waals surface area contributed by atoms with E-state index < -0.39 is 0 Å². The van der Waals surface area contributed by atoms with E-state index in [2.05, 4.69) is 32.0 Å². The third kappa shape index (κ3) is 2.96. The van der Waals surface area contributed by atoms with E-state index in [0.29, 0.717) is 5.02 Å². The SMILES string of the molecule is Cc1ccc(Sc2cc(Cl)ccc2N)cc1C. The Bertz CT molecular complexity index is 552. The van der Waals surface area contributed by atoms with Crippen LogP contribution in [0.3, 0.4) is 0 Å². The Hall–Kier alpha value is -1.12. The van der Waals surface area contributed by atoms with Gasteiger partial charge in [0.05, 0.1) is 0 Å². The Morgan fingerprint density at radius 2 is 1.76 bits per heavy atom. The highest BCUT2D eigenvalue weighted by Crippen LogP contribution is 2.34. The molecule has 2 rings (SSSR count). The van der Waals surface area contributed by atoms with E-state index in [0.717, 1.165) is 10.6 Å². The normalized spacial score (nSPS) is 10.5. The summed E-state index contributed by atoms with van der Waals surface area (Å²) in [6.45, 7) is 4.22. The van der Waals surface area contributed by atoms with Gasteiger partial charge in [-0.1, -0.05) is 29.4 Å². The second-order valence-corrected chi connectivity index (χ2v) is 5.58. The summed E-state index contributed by atoms with van der Waals surface area (Å²) in [4.78, 5) is 2.18. The Balaban J connectivity index is 2.31. The molecule has 0 heterocycles. The van der Waals surface area contributed by atoms with Crippen molar-refractivity contribution < 1.29 is 0 Å². The van der Waals surface area contributed by atoms with Crippen molar-refractivity contribution in [3.05, 3.63) is 52.5 Å².